The molecule has 3 rings (SSSR count). The summed E-state index contributed by atoms with van der Waals surface area (Å²) in [4.78, 5) is 4.06. The van der Waals surface area contributed by atoms with Crippen LogP contribution in [0.1, 0.15) is 24.0 Å². The molecule has 1 N–H and O–H groups in total. The minimum Gasteiger partial charge on any atom is -0.376 e. The molecule has 2 unspecified atom stereocenters. The van der Waals surface area contributed by atoms with E-state index in [2.05, 4.69) is 4.98 Å². The highest BCUT2D eigenvalue weighted by atomic mass is 35.5. The SMILES string of the molecule is CC(c1ccc(Cl)cc1Cl)C(O)(c1cnc2ccccc2c1)C(F)(F)F. The average molecular weight is 400 g/mol. The van der Waals surface area contributed by atoms with Gasteiger partial charge in [-0.05, 0) is 29.8 Å². The van der Waals surface area contributed by atoms with Gasteiger partial charge in [-0.1, -0.05) is 54.4 Å². The number of benzene rings is 2. The Bertz CT molecular complexity index is 961. The van der Waals surface area contributed by atoms with Crippen LogP contribution in [0.4, 0.5) is 13.2 Å². The molecule has 7 heteroatoms. The number of pyridine rings is 1. The third-order valence-corrected chi connectivity index (χ3v) is 5.08. The lowest BCUT2D eigenvalue weighted by atomic mass is 9.78. The summed E-state index contributed by atoms with van der Waals surface area (Å²) in [6.07, 6.45) is -3.89. The third kappa shape index (κ3) is 3.15. The summed E-state index contributed by atoms with van der Waals surface area (Å²) < 4.78 is 42.0. The highest BCUT2D eigenvalue weighted by Crippen LogP contribution is 2.50. The van der Waals surface area contributed by atoms with Gasteiger partial charge in [-0.2, -0.15) is 13.2 Å². The summed E-state index contributed by atoms with van der Waals surface area (Å²) in [5, 5.41) is 11.7. The van der Waals surface area contributed by atoms with Crippen molar-refractivity contribution < 1.29 is 18.3 Å². The van der Waals surface area contributed by atoms with Crippen LogP contribution in [-0.2, 0) is 5.60 Å². The minimum absolute atomic E-state index is 0.0569. The zero-order chi connectivity index (χ0) is 19.1. The highest BCUT2D eigenvalue weighted by Gasteiger charge is 2.59. The molecule has 3 aromatic rings. The molecule has 0 fully saturated rings. The number of hydrogen-bond donors (Lipinski definition) is 1. The minimum atomic E-state index is -4.94. The molecule has 1 aromatic heterocycles. The Hall–Kier alpha value is -1.82. The van der Waals surface area contributed by atoms with Crippen LogP contribution in [0.15, 0.2) is 54.7 Å². The summed E-state index contributed by atoms with van der Waals surface area (Å²) in [6, 6.07) is 12.2. The number of rotatable bonds is 3. The van der Waals surface area contributed by atoms with E-state index >= 15 is 0 Å². The van der Waals surface area contributed by atoms with Crippen molar-refractivity contribution in [3.63, 3.8) is 0 Å². The molecule has 2 aromatic carbocycles. The van der Waals surface area contributed by atoms with Crippen molar-refractivity contribution in [3.05, 3.63) is 75.9 Å². The summed E-state index contributed by atoms with van der Waals surface area (Å²) in [5.74, 6) is -1.38. The van der Waals surface area contributed by atoms with Crippen LogP contribution in [0.25, 0.3) is 10.9 Å². The molecule has 26 heavy (non-hydrogen) atoms. The quantitative estimate of drug-likeness (QED) is 0.577. The third-order valence-electron chi connectivity index (χ3n) is 4.52. The maximum absolute atomic E-state index is 14.0. The molecule has 0 aliphatic carbocycles. The Kier molecular flexibility index (Phi) is 4.90. The molecule has 0 spiro atoms. The van der Waals surface area contributed by atoms with Crippen LogP contribution in [0.5, 0.6) is 0 Å². The molecule has 2 nitrogen and oxygen atoms in total. The van der Waals surface area contributed by atoms with Gasteiger partial charge in [0.15, 0.2) is 5.60 Å². The summed E-state index contributed by atoms with van der Waals surface area (Å²) >= 11 is 11.9. The zero-order valence-corrected chi connectivity index (χ0v) is 15.1. The van der Waals surface area contributed by atoms with Crippen molar-refractivity contribution in [1.29, 1.82) is 0 Å². The standard InChI is InChI=1S/C19H14Cl2F3NO/c1-11(15-7-6-14(20)9-16(15)21)18(26,19(22,23)24)13-8-12-4-2-3-5-17(12)25-10-13/h2-11,26H,1H3. The molecule has 0 amide bonds. The molecule has 1 heterocycles. The van der Waals surface area contributed by atoms with Gasteiger partial charge < -0.3 is 5.11 Å². The van der Waals surface area contributed by atoms with Gasteiger partial charge in [0, 0.05) is 33.1 Å². The van der Waals surface area contributed by atoms with E-state index in [-0.39, 0.29) is 16.1 Å². The van der Waals surface area contributed by atoms with E-state index in [1.807, 2.05) is 0 Å². The van der Waals surface area contributed by atoms with Crippen molar-refractivity contribution >= 4 is 34.1 Å². The van der Waals surface area contributed by atoms with Crippen LogP contribution < -0.4 is 0 Å². The second kappa shape index (κ2) is 6.72. The van der Waals surface area contributed by atoms with Crippen LogP contribution >= 0.6 is 23.2 Å². The number of para-hydroxylation sites is 1. The first-order chi connectivity index (χ1) is 12.1. The molecular formula is C19H14Cl2F3NO. The average Bonchev–Trinajstić information content (AvgIpc) is 2.59. The molecule has 2 atom stereocenters. The fourth-order valence-electron chi connectivity index (χ4n) is 3.02. The van der Waals surface area contributed by atoms with Gasteiger partial charge in [0.05, 0.1) is 5.52 Å². The van der Waals surface area contributed by atoms with E-state index in [1.165, 1.54) is 31.2 Å². The number of aliphatic hydroxyl groups is 1. The molecule has 0 saturated heterocycles. The summed E-state index contributed by atoms with van der Waals surface area (Å²) in [6.45, 7) is 1.28. The van der Waals surface area contributed by atoms with Gasteiger partial charge in [-0.15, -0.1) is 0 Å². The number of fused-ring (bicyclic) bond motifs is 1. The van der Waals surface area contributed by atoms with Gasteiger partial charge in [0.25, 0.3) is 0 Å². The van der Waals surface area contributed by atoms with Gasteiger partial charge >= 0.3 is 6.18 Å². The molecule has 0 saturated carbocycles. The van der Waals surface area contributed by atoms with E-state index in [0.717, 1.165) is 6.20 Å². The van der Waals surface area contributed by atoms with E-state index in [1.54, 1.807) is 24.3 Å². The van der Waals surface area contributed by atoms with Gasteiger partial charge in [0.2, 0.25) is 0 Å². The maximum atomic E-state index is 14.0. The number of halogens is 5. The predicted molar refractivity (Wildman–Crippen MR) is 96.6 cm³/mol. The Morgan fingerprint density at radius 2 is 1.73 bits per heavy atom. The Morgan fingerprint density at radius 3 is 2.38 bits per heavy atom. The fraction of sp³-hybridized carbons (Fsp3) is 0.211. The van der Waals surface area contributed by atoms with Crippen molar-refractivity contribution in [1.82, 2.24) is 4.98 Å². The first kappa shape index (κ1) is 19.0. The van der Waals surface area contributed by atoms with Crippen molar-refractivity contribution in [3.8, 4) is 0 Å². The van der Waals surface area contributed by atoms with E-state index in [9.17, 15) is 18.3 Å². The monoisotopic (exact) mass is 399 g/mol. The Balaban J connectivity index is 2.19. The predicted octanol–water partition coefficient (Wildman–Crippen LogP) is 6.10. The summed E-state index contributed by atoms with van der Waals surface area (Å²) in [7, 11) is 0. The Labute approximate surface area is 158 Å². The number of nitrogens with zero attached hydrogens (tertiary/aromatic N) is 1. The van der Waals surface area contributed by atoms with E-state index < -0.39 is 17.7 Å². The van der Waals surface area contributed by atoms with Crippen molar-refractivity contribution in [2.75, 3.05) is 0 Å². The molecule has 0 aliphatic heterocycles. The highest BCUT2D eigenvalue weighted by molar-refractivity contribution is 6.35. The second-order valence-electron chi connectivity index (χ2n) is 6.07. The van der Waals surface area contributed by atoms with Gasteiger partial charge in [-0.3, -0.25) is 4.98 Å². The van der Waals surface area contributed by atoms with Crippen molar-refractivity contribution in [2.24, 2.45) is 0 Å². The fourth-order valence-corrected chi connectivity index (χ4v) is 3.59. The smallest absolute Gasteiger partial charge is 0.376 e. The number of hydrogen-bond acceptors (Lipinski definition) is 2. The number of aromatic nitrogens is 1. The normalized spacial score (nSPS) is 15.7. The Morgan fingerprint density at radius 1 is 1.04 bits per heavy atom. The molecule has 0 aliphatic rings. The summed E-state index contributed by atoms with van der Waals surface area (Å²) in [5.41, 5.74) is -2.83. The molecule has 0 radical (unpaired) electrons. The zero-order valence-electron chi connectivity index (χ0n) is 13.6. The topological polar surface area (TPSA) is 33.1 Å². The van der Waals surface area contributed by atoms with Crippen LogP contribution in [0.3, 0.4) is 0 Å². The van der Waals surface area contributed by atoms with Crippen LogP contribution in [0.2, 0.25) is 10.0 Å². The first-order valence-electron chi connectivity index (χ1n) is 7.74. The van der Waals surface area contributed by atoms with Crippen molar-refractivity contribution in [2.45, 2.75) is 24.6 Å². The lowest BCUT2D eigenvalue weighted by molar-refractivity contribution is -0.274. The second-order valence-corrected chi connectivity index (χ2v) is 6.91. The van der Waals surface area contributed by atoms with Crippen LogP contribution in [-0.4, -0.2) is 16.3 Å². The molecular weight excluding hydrogens is 386 g/mol. The van der Waals surface area contributed by atoms with E-state index in [4.69, 9.17) is 23.2 Å². The first-order valence-corrected chi connectivity index (χ1v) is 8.49. The lowest BCUT2D eigenvalue weighted by Crippen LogP contribution is -2.46. The molecule has 0 bridgehead atoms. The molecule has 136 valence electrons. The van der Waals surface area contributed by atoms with Crippen LogP contribution in [0, 0.1) is 0 Å². The van der Waals surface area contributed by atoms with Gasteiger partial charge in [0.1, 0.15) is 0 Å². The van der Waals surface area contributed by atoms with Gasteiger partial charge in [-0.25, -0.2) is 0 Å². The maximum Gasteiger partial charge on any atom is 0.422 e. The lowest BCUT2D eigenvalue weighted by Gasteiger charge is -2.36. The largest absolute Gasteiger partial charge is 0.422 e. The van der Waals surface area contributed by atoms with E-state index in [0.29, 0.717) is 15.9 Å². The number of alkyl halides is 3.